The van der Waals surface area contributed by atoms with Gasteiger partial charge in [0, 0.05) is 37.5 Å². The molecule has 2 aromatic carbocycles. The summed E-state index contributed by atoms with van der Waals surface area (Å²) in [6.07, 6.45) is 3.51. The van der Waals surface area contributed by atoms with Crippen molar-refractivity contribution in [2.75, 3.05) is 25.1 Å². The summed E-state index contributed by atoms with van der Waals surface area (Å²) >= 11 is 0. The van der Waals surface area contributed by atoms with Gasteiger partial charge < -0.3 is 15.0 Å². The van der Waals surface area contributed by atoms with Crippen molar-refractivity contribution in [2.45, 2.75) is 18.9 Å². The van der Waals surface area contributed by atoms with Crippen molar-refractivity contribution in [3.63, 3.8) is 0 Å². The first-order valence-electron chi connectivity index (χ1n) is 10.0. The quantitative estimate of drug-likeness (QED) is 0.484. The van der Waals surface area contributed by atoms with Crippen molar-refractivity contribution in [1.82, 2.24) is 15.1 Å². The van der Waals surface area contributed by atoms with Gasteiger partial charge >= 0.3 is 0 Å². The maximum atomic E-state index is 12.7. The molecule has 160 valence electrons. The number of benzene rings is 2. The molecule has 0 spiro atoms. The van der Waals surface area contributed by atoms with Crippen LogP contribution in [-0.4, -0.2) is 46.9 Å². The molecule has 31 heavy (non-hydrogen) atoms. The minimum Gasteiger partial charge on any atom is -0.495 e. The van der Waals surface area contributed by atoms with Gasteiger partial charge in [0.2, 0.25) is 0 Å². The summed E-state index contributed by atoms with van der Waals surface area (Å²) in [6.45, 7) is 1.59. The zero-order valence-corrected chi connectivity index (χ0v) is 17.1. The topological polar surface area (TPSA) is 103 Å². The number of piperidine rings is 1. The van der Waals surface area contributed by atoms with Crippen LogP contribution in [0.15, 0.2) is 60.8 Å². The molecule has 0 bridgehead atoms. The number of carbonyl (C=O) groups is 1. The van der Waals surface area contributed by atoms with Crippen LogP contribution in [0.2, 0.25) is 0 Å². The van der Waals surface area contributed by atoms with E-state index in [0.29, 0.717) is 17.9 Å². The average Bonchev–Trinajstić information content (AvgIpc) is 3.30. The number of anilines is 1. The molecule has 1 amide bonds. The number of non-ortho nitro benzene ring substituents is 1. The molecule has 1 saturated heterocycles. The molecule has 0 saturated carbocycles. The van der Waals surface area contributed by atoms with Gasteiger partial charge in [-0.15, -0.1) is 0 Å². The second-order valence-corrected chi connectivity index (χ2v) is 7.35. The monoisotopic (exact) mass is 421 g/mol. The predicted octanol–water partition coefficient (Wildman–Crippen LogP) is 3.19. The van der Waals surface area contributed by atoms with E-state index in [-0.39, 0.29) is 17.6 Å². The Hall–Kier alpha value is -3.88. The van der Waals surface area contributed by atoms with Crippen molar-refractivity contribution in [2.24, 2.45) is 0 Å². The second-order valence-electron chi connectivity index (χ2n) is 7.35. The van der Waals surface area contributed by atoms with E-state index in [0.717, 1.165) is 30.8 Å². The third-order valence-electron chi connectivity index (χ3n) is 5.33. The molecular weight excluding hydrogens is 398 g/mol. The third-order valence-corrected chi connectivity index (χ3v) is 5.33. The van der Waals surface area contributed by atoms with Crippen LogP contribution in [0.5, 0.6) is 5.75 Å². The maximum absolute atomic E-state index is 12.7. The van der Waals surface area contributed by atoms with Gasteiger partial charge in [-0.25, -0.2) is 4.68 Å². The normalized spacial score (nSPS) is 16.0. The highest BCUT2D eigenvalue weighted by Crippen LogP contribution is 2.30. The number of nitro benzene ring substituents is 1. The van der Waals surface area contributed by atoms with Crippen LogP contribution in [0, 0.1) is 10.1 Å². The van der Waals surface area contributed by atoms with E-state index in [9.17, 15) is 14.9 Å². The van der Waals surface area contributed by atoms with Crippen LogP contribution in [0.1, 0.15) is 23.3 Å². The minimum absolute atomic E-state index is 0.00399. The molecule has 0 aliphatic carbocycles. The smallest absolute Gasteiger partial charge is 0.272 e. The average molecular weight is 421 g/mol. The number of ether oxygens (including phenoxy) is 1. The van der Waals surface area contributed by atoms with Crippen molar-refractivity contribution < 1.29 is 14.5 Å². The van der Waals surface area contributed by atoms with Gasteiger partial charge in [-0.3, -0.25) is 14.9 Å². The van der Waals surface area contributed by atoms with Gasteiger partial charge in [0.25, 0.3) is 11.6 Å². The number of para-hydroxylation sites is 2. The van der Waals surface area contributed by atoms with E-state index in [1.54, 1.807) is 31.5 Å². The maximum Gasteiger partial charge on any atom is 0.272 e. The molecular formula is C22H23N5O4. The first kappa shape index (κ1) is 20.4. The Balaban J connectivity index is 1.42. The Labute approximate surface area is 179 Å². The molecule has 9 nitrogen and oxygen atoms in total. The van der Waals surface area contributed by atoms with E-state index in [1.807, 2.05) is 24.3 Å². The Morgan fingerprint density at radius 1 is 1.19 bits per heavy atom. The summed E-state index contributed by atoms with van der Waals surface area (Å²) in [5.74, 6) is 0.573. The molecule has 1 atom stereocenters. The fourth-order valence-electron chi connectivity index (χ4n) is 3.78. The largest absolute Gasteiger partial charge is 0.495 e. The molecule has 3 aromatic rings. The number of nitro groups is 1. The fraction of sp³-hybridized carbons (Fsp3) is 0.273. The Kier molecular flexibility index (Phi) is 5.83. The Morgan fingerprint density at radius 3 is 2.71 bits per heavy atom. The van der Waals surface area contributed by atoms with Gasteiger partial charge in [0.05, 0.1) is 23.4 Å². The van der Waals surface area contributed by atoms with Gasteiger partial charge in [0.1, 0.15) is 5.75 Å². The summed E-state index contributed by atoms with van der Waals surface area (Å²) < 4.78 is 7.00. The lowest BCUT2D eigenvalue weighted by Crippen LogP contribution is -2.48. The molecule has 1 aromatic heterocycles. The Bertz CT molecular complexity index is 1080. The highest BCUT2D eigenvalue weighted by molar-refractivity contribution is 5.92. The summed E-state index contributed by atoms with van der Waals surface area (Å²) in [5.41, 5.74) is 1.97. The number of methoxy groups -OCH3 is 1. The molecule has 2 heterocycles. The zero-order chi connectivity index (χ0) is 21.8. The third kappa shape index (κ3) is 4.50. The van der Waals surface area contributed by atoms with Crippen LogP contribution in [-0.2, 0) is 0 Å². The summed E-state index contributed by atoms with van der Waals surface area (Å²) in [7, 11) is 1.66. The summed E-state index contributed by atoms with van der Waals surface area (Å²) in [4.78, 5) is 25.3. The summed E-state index contributed by atoms with van der Waals surface area (Å²) in [6, 6.07) is 15.5. The van der Waals surface area contributed by atoms with Crippen LogP contribution in [0.25, 0.3) is 5.69 Å². The number of hydrogen-bond acceptors (Lipinski definition) is 6. The molecule has 4 rings (SSSR count). The van der Waals surface area contributed by atoms with E-state index >= 15 is 0 Å². The molecule has 1 N–H and O–H groups in total. The number of carbonyl (C=O) groups excluding carboxylic acids is 1. The number of amides is 1. The minimum atomic E-state index is -0.454. The summed E-state index contributed by atoms with van der Waals surface area (Å²) in [5, 5.41) is 18.2. The lowest BCUT2D eigenvalue weighted by atomic mass is 10.0. The van der Waals surface area contributed by atoms with Crippen LogP contribution >= 0.6 is 0 Å². The van der Waals surface area contributed by atoms with E-state index in [4.69, 9.17) is 4.74 Å². The van der Waals surface area contributed by atoms with Crippen molar-refractivity contribution in [3.8, 4) is 11.4 Å². The van der Waals surface area contributed by atoms with Crippen LogP contribution < -0.4 is 15.0 Å². The molecule has 1 aliphatic heterocycles. The predicted molar refractivity (Wildman–Crippen MR) is 116 cm³/mol. The standard InChI is InChI=1S/C22H23N5O4/c1-31-21-7-3-2-6-20(21)25-13-4-5-16(15-25)23-22(28)19-12-14-26(24-19)17-8-10-18(11-9-17)27(29)30/h2-3,6-12,14,16H,4-5,13,15H2,1H3,(H,23,28). The van der Waals surface area contributed by atoms with E-state index < -0.39 is 4.92 Å². The first-order valence-corrected chi connectivity index (χ1v) is 10.0. The van der Waals surface area contributed by atoms with Gasteiger partial charge in [-0.1, -0.05) is 12.1 Å². The lowest BCUT2D eigenvalue weighted by Gasteiger charge is -2.35. The van der Waals surface area contributed by atoms with Gasteiger partial charge in [-0.05, 0) is 43.2 Å². The molecule has 1 aliphatic rings. The molecule has 0 radical (unpaired) electrons. The van der Waals surface area contributed by atoms with Gasteiger partial charge in [0.15, 0.2) is 5.69 Å². The Morgan fingerprint density at radius 2 is 1.97 bits per heavy atom. The van der Waals surface area contributed by atoms with Crippen LogP contribution in [0.4, 0.5) is 11.4 Å². The number of nitrogens with zero attached hydrogens (tertiary/aromatic N) is 4. The number of aromatic nitrogens is 2. The highest BCUT2D eigenvalue weighted by atomic mass is 16.6. The van der Waals surface area contributed by atoms with Crippen LogP contribution in [0.3, 0.4) is 0 Å². The van der Waals surface area contributed by atoms with Crippen molar-refractivity contribution in [1.29, 1.82) is 0 Å². The molecule has 9 heteroatoms. The SMILES string of the molecule is COc1ccccc1N1CCCC(NC(=O)c2ccn(-c3ccc([N+](=O)[O-])cc3)n2)C1. The number of hydrogen-bond donors (Lipinski definition) is 1. The second kappa shape index (κ2) is 8.86. The molecule has 1 unspecified atom stereocenters. The lowest BCUT2D eigenvalue weighted by molar-refractivity contribution is -0.384. The molecule has 1 fully saturated rings. The van der Waals surface area contributed by atoms with Crippen molar-refractivity contribution >= 4 is 17.3 Å². The fourth-order valence-corrected chi connectivity index (χ4v) is 3.78. The first-order chi connectivity index (χ1) is 15.0. The van der Waals surface area contributed by atoms with Crippen molar-refractivity contribution in [3.05, 3.63) is 76.6 Å². The number of nitrogens with one attached hydrogen (secondary N) is 1. The van der Waals surface area contributed by atoms with Gasteiger partial charge in [-0.2, -0.15) is 5.10 Å². The zero-order valence-electron chi connectivity index (χ0n) is 17.1. The van der Waals surface area contributed by atoms with E-state index in [2.05, 4.69) is 15.3 Å². The highest BCUT2D eigenvalue weighted by Gasteiger charge is 2.24. The van der Waals surface area contributed by atoms with E-state index in [1.165, 1.54) is 16.8 Å². The number of rotatable bonds is 6.